The summed E-state index contributed by atoms with van der Waals surface area (Å²) in [6.45, 7) is 10.7. The van der Waals surface area contributed by atoms with Gasteiger partial charge < -0.3 is 24.5 Å². The number of hydrogen-bond donors (Lipinski definition) is 1. The lowest BCUT2D eigenvalue weighted by molar-refractivity contribution is 0.0819. The Kier molecular flexibility index (Phi) is 9.19. The van der Waals surface area contributed by atoms with E-state index in [0.29, 0.717) is 69.9 Å². The van der Waals surface area contributed by atoms with Crippen molar-refractivity contribution in [2.24, 2.45) is 0 Å². The molecule has 13 heteroatoms. The number of carbonyl (C=O) groups excluding carboxylic acids is 1. The first-order chi connectivity index (χ1) is 25.5. The van der Waals surface area contributed by atoms with Crippen molar-refractivity contribution in [3.63, 3.8) is 0 Å². The van der Waals surface area contributed by atoms with Crippen molar-refractivity contribution in [2.45, 2.75) is 96.6 Å². The van der Waals surface area contributed by atoms with Gasteiger partial charge in [0.25, 0.3) is 5.91 Å². The summed E-state index contributed by atoms with van der Waals surface area (Å²) in [6.07, 6.45) is 3.40. The van der Waals surface area contributed by atoms with Crippen molar-refractivity contribution in [1.29, 1.82) is 0 Å². The molecule has 53 heavy (non-hydrogen) atoms. The number of aromatic hydroxyl groups is 1. The van der Waals surface area contributed by atoms with Crippen LogP contribution in [0.25, 0.3) is 10.8 Å². The molecule has 4 aliphatic rings. The van der Waals surface area contributed by atoms with Crippen LogP contribution in [-0.4, -0.2) is 99.2 Å². The summed E-state index contributed by atoms with van der Waals surface area (Å²) in [5, 5.41) is 17.2. The highest BCUT2D eigenvalue weighted by Gasteiger charge is 2.49. The number of ether oxygens (including phenoxy) is 1. The summed E-state index contributed by atoms with van der Waals surface area (Å²) in [4.78, 5) is 31.7. The Bertz CT molecular complexity index is 2070. The van der Waals surface area contributed by atoms with Gasteiger partial charge in [0.2, 0.25) is 0 Å². The first-order valence-corrected chi connectivity index (χ1v) is 19.1. The lowest BCUT2D eigenvalue weighted by Gasteiger charge is -2.35. The third-order valence-electron chi connectivity index (χ3n) is 11.8. The van der Waals surface area contributed by atoms with Gasteiger partial charge in [0.1, 0.15) is 30.2 Å². The minimum atomic E-state index is -0.871. The SMILES string of the molecule is CCc1c(F)ccc2cc(O)cc(N3CCc4c(nc(OC[C@@]56CCCN5C[C@H](F)C6)nc4N4CCCn5nc(C(=O)N(C)C)c(C(C)C)c5C4)C3)c12. The van der Waals surface area contributed by atoms with Crippen LogP contribution in [0.15, 0.2) is 24.3 Å². The molecule has 0 saturated carbocycles. The fourth-order valence-electron chi connectivity index (χ4n) is 9.33. The molecule has 2 atom stereocenters. The number of halogens is 2. The number of rotatable bonds is 8. The van der Waals surface area contributed by atoms with E-state index in [9.17, 15) is 14.3 Å². The number of hydrogen-bond acceptors (Lipinski definition) is 9. The minimum Gasteiger partial charge on any atom is -0.508 e. The Morgan fingerprint density at radius 1 is 1.09 bits per heavy atom. The highest BCUT2D eigenvalue weighted by atomic mass is 19.1. The summed E-state index contributed by atoms with van der Waals surface area (Å²) in [5.41, 5.74) is 5.32. The van der Waals surface area contributed by atoms with Crippen molar-refractivity contribution in [1.82, 2.24) is 29.5 Å². The molecule has 2 aromatic heterocycles. The van der Waals surface area contributed by atoms with Crippen LogP contribution in [0, 0.1) is 5.82 Å². The molecule has 1 amide bonds. The van der Waals surface area contributed by atoms with E-state index in [2.05, 4.69) is 28.5 Å². The van der Waals surface area contributed by atoms with E-state index in [0.717, 1.165) is 77.1 Å². The largest absolute Gasteiger partial charge is 0.508 e. The predicted molar refractivity (Wildman–Crippen MR) is 200 cm³/mol. The van der Waals surface area contributed by atoms with Crippen LogP contribution < -0.4 is 14.5 Å². The summed E-state index contributed by atoms with van der Waals surface area (Å²) < 4.78 is 38.4. The molecule has 2 fully saturated rings. The average Bonchev–Trinajstić information content (AvgIpc) is 3.73. The molecule has 2 saturated heterocycles. The zero-order valence-corrected chi connectivity index (χ0v) is 31.5. The second-order valence-electron chi connectivity index (χ2n) is 15.8. The highest BCUT2D eigenvalue weighted by molar-refractivity contribution is 5.98. The van der Waals surface area contributed by atoms with Crippen LogP contribution in [-0.2, 0) is 32.5 Å². The maximum atomic E-state index is 15.2. The Morgan fingerprint density at radius 2 is 1.92 bits per heavy atom. The zero-order valence-electron chi connectivity index (χ0n) is 31.5. The number of amides is 1. The molecule has 282 valence electrons. The van der Waals surface area contributed by atoms with Crippen molar-refractivity contribution >= 4 is 28.2 Å². The lowest BCUT2D eigenvalue weighted by atomic mass is 9.95. The number of nitrogens with zero attached hydrogens (tertiary/aromatic N) is 8. The number of fused-ring (bicyclic) bond motifs is 4. The molecule has 11 nitrogen and oxygen atoms in total. The smallest absolute Gasteiger partial charge is 0.318 e. The molecule has 8 rings (SSSR count). The van der Waals surface area contributed by atoms with Gasteiger partial charge in [0.05, 0.1) is 30.0 Å². The van der Waals surface area contributed by atoms with Gasteiger partial charge in [-0.15, -0.1) is 0 Å². The van der Waals surface area contributed by atoms with E-state index in [1.807, 2.05) is 11.6 Å². The van der Waals surface area contributed by atoms with Gasteiger partial charge in [-0.05, 0) is 67.6 Å². The predicted octanol–water partition coefficient (Wildman–Crippen LogP) is 5.99. The van der Waals surface area contributed by atoms with Crippen molar-refractivity contribution in [3.05, 3.63) is 63.9 Å². The van der Waals surface area contributed by atoms with Crippen LogP contribution >= 0.6 is 0 Å². The summed E-state index contributed by atoms with van der Waals surface area (Å²) >= 11 is 0. The third-order valence-corrected chi connectivity index (χ3v) is 11.8. The Hall–Kier alpha value is -4.52. The fraction of sp³-hybridized carbons (Fsp3) is 0.550. The van der Waals surface area contributed by atoms with E-state index in [4.69, 9.17) is 19.8 Å². The van der Waals surface area contributed by atoms with E-state index in [1.54, 1.807) is 37.2 Å². The van der Waals surface area contributed by atoms with Gasteiger partial charge in [-0.3, -0.25) is 14.4 Å². The average molecular weight is 729 g/mol. The Balaban J connectivity index is 1.20. The molecule has 4 aliphatic heterocycles. The number of alkyl halides is 1. The number of aromatic nitrogens is 4. The molecule has 2 aromatic carbocycles. The molecule has 0 radical (unpaired) electrons. The molecule has 0 spiro atoms. The zero-order chi connectivity index (χ0) is 37.2. The van der Waals surface area contributed by atoms with E-state index in [-0.39, 0.29) is 34.9 Å². The molecule has 0 aliphatic carbocycles. The highest BCUT2D eigenvalue weighted by Crippen LogP contribution is 2.42. The molecule has 1 N–H and O–H groups in total. The first-order valence-electron chi connectivity index (χ1n) is 19.1. The number of benzene rings is 2. The normalized spacial score (nSPS) is 21.5. The number of carbonyl (C=O) groups is 1. The van der Waals surface area contributed by atoms with Gasteiger partial charge in [-0.1, -0.05) is 26.8 Å². The Morgan fingerprint density at radius 3 is 2.70 bits per heavy atom. The van der Waals surface area contributed by atoms with Crippen molar-refractivity contribution in [2.75, 3.05) is 56.7 Å². The summed E-state index contributed by atoms with van der Waals surface area (Å²) in [5.74, 6) is 0.634. The quantitative estimate of drug-likeness (QED) is 0.235. The summed E-state index contributed by atoms with van der Waals surface area (Å²) in [6, 6.07) is 6.86. The second kappa shape index (κ2) is 13.7. The number of anilines is 2. The number of aryl methyl sites for hydroxylation is 2. The Labute approximate surface area is 309 Å². The monoisotopic (exact) mass is 728 g/mol. The maximum absolute atomic E-state index is 15.2. The number of phenols is 1. The molecule has 0 bridgehead atoms. The van der Waals surface area contributed by atoms with Gasteiger partial charge in [-0.2, -0.15) is 15.1 Å². The van der Waals surface area contributed by atoms with Crippen molar-refractivity contribution in [3.8, 4) is 11.8 Å². The van der Waals surface area contributed by atoms with Crippen LogP contribution in [0.2, 0.25) is 0 Å². The third kappa shape index (κ3) is 6.24. The van der Waals surface area contributed by atoms with Gasteiger partial charge in [0.15, 0.2) is 5.69 Å². The molecule has 4 aromatic rings. The van der Waals surface area contributed by atoms with Crippen LogP contribution in [0.1, 0.15) is 90.9 Å². The number of phenolic OH excluding ortho intramolecular Hbond substituents is 1. The first kappa shape index (κ1) is 35.5. The van der Waals surface area contributed by atoms with Gasteiger partial charge in [0, 0.05) is 75.0 Å². The summed E-state index contributed by atoms with van der Waals surface area (Å²) in [7, 11) is 3.51. The van der Waals surface area contributed by atoms with Crippen LogP contribution in [0.3, 0.4) is 0 Å². The van der Waals surface area contributed by atoms with Crippen molar-refractivity contribution < 1.29 is 23.4 Å². The minimum absolute atomic E-state index is 0.0821. The van der Waals surface area contributed by atoms with Crippen LogP contribution in [0.5, 0.6) is 11.8 Å². The molecular weight excluding hydrogens is 678 g/mol. The molecule has 6 heterocycles. The van der Waals surface area contributed by atoms with Gasteiger partial charge >= 0.3 is 6.01 Å². The van der Waals surface area contributed by atoms with Crippen LogP contribution in [0.4, 0.5) is 20.3 Å². The lowest BCUT2D eigenvalue weighted by Crippen LogP contribution is -2.43. The molecular formula is C40H50F2N8O3. The van der Waals surface area contributed by atoms with Gasteiger partial charge in [-0.25, -0.2) is 8.78 Å². The second-order valence-corrected chi connectivity index (χ2v) is 15.8. The van der Waals surface area contributed by atoms with E-state index in [1.165, 1.54) is 6.07 Å². The maximum Gasteiger partial charge on any atom is 0.318 e. The standard InChI is InChI=1S/C40H50F2N8O3/c1-6-28-30(42)10-9-25-17-27(51)18-32(35(25)28)47-16-11-29-31(21-47)43-39(53-23-40-12-7-14-49(40)20-26(41)19-40)44-37(29)48-13-8-15-50-33(22-48)34(24(2)3)36(45-50)38(52)46(4)5/h9-10,17-18,24,26,51H,6-8,11-16,19-23H2,1-5H3/t26-,40+/m1/s1. The van der Waals surface area contributed by atoms with E-state index < -0.39 is 6.17 Å². The van der Waals surface area contributed by atoms with E-state index >= 15 is 4.39 Å². The topological polar surface area (TPSA) is 103 Å². The fourth-order valence-corrected chi connectivity index (χ4v) is 9.33. The molecule has 0 unspecified atom stereocenters.